The highest BCUT2D eigenvalue weighted by atomic mass is 16.3. The third-order valence-electron chi connectivity index (χ3n) is 4.50. The van der Waals surface area contributed by atoms with Crippen LogP contribution in [0.5, 0.6) is 0 Å². The maximum atomic E-state index is 10.5. The molecule has 0 saturated heterocycles. The Hall–Kier alpha value is -0.930. The number of nitrogens with zero attached hydrogens (tertiary/aromatic N) is 2. The van der Waals surface area contributed by atoms with E-state index in [1.807, 2.05) is 18.3 Å². The van der Waals surface area contributed by atoms with Gasteiger partial charge in [-0.1, -0.05) is 26.3 Å². The summed E-state index contributed by atoms with van der Waals surface area (Å²) in [7, 11) is 2.12. The standard InChI is InChI=1S/C16H26N2O/c1-16(2)10-6-8-14(15(16)19)18(3)12-9-13-7-4-5-11-17-13/h4-5,7,11,14-15,19H,6,8-10,12H2,1-3H3. The third-order valence-corrected chi connectivity index (χ3v) is 4.50. The van der Waals surface area contributed by atoms with Gasteiger partial charge in [0.2, 0.25) is 0 Å². The van der Waals surface area contributed by atoms with Crippen molar-refractivity contribution in [2.75, 3.05) is 13.6 Å². The predicted octanol–water partition coefficient (Wildman–Crippen LogP) is 2.50. The molecule has 1 fully saturated rings. The molecule has 0 aliphatic heterocycles. The van der Waals surface area contributed by atoms with Gasteiger partial charge in [-0.15, -0.1) is 0 Å². The van der Waals surface area contributed by atoms with Crippen LogP contribution in [-0.4, -0.2) is 40.7 Å². The molecule has 1 aliphatic carbocycles. The molecular formula is C16H26N2O. The fourth-order valence-corrected chi connectivity index (χ4v) is 3.06. The van der Waals surface area contributed by atoms with E-state index in [2.05, 4.69) is 36.8 Å². The lowest BCUT2D eigenvalue weighted by Gasteiger charge is -2.44. The van der Waals surface area contributed by atoms with Crippen molar-refractivity contribution in [2.24, 2.45) is 5.41 Å². The second kappa shape index (κ2) is 6.02. The minimum Gasteiger partial charge on any atom is -0.391 e. The Morgan fingerprint density at radius 2 is 2.21 bits per heavy atom. The first-order valence-corrected chi connectivity index (χ1v) is 7.29. The zero-order valence-corrected chi connectivity index (χ0v) is 12.3. The monoisotopic (exact) mass is 262 g/mol. The lowest BCUT2D eigenvalue weighted by molar-refractivity contribution is -0.0500. The van der Waals surface area contributed by atoms with Crippen molar-refractivity contribution in [1.82, 2.24) is 9.88 Å². The summed E-state index contributed by atoms with van der Waals surface area (Å²) in [5.41, 5.74) is 1.17. The van der Waals surface area contributed by atoms with Crippen molar-refractivity contribution in [3.63, 3.8) is 0 Å². The smallest absolute Gasteiger partial charge is 0.0746 e. The minimum atomic E-state index is -0.227. The van der Waals surface area contributed by atoms with Crippen LogP contribution in [0, 0.1) is 5.41 Å². The molecule has 1 aromatic heterocycles. The molecule has 0 radical (unpaired) electrons. The molecular weight excluding hydrogens is 236 g/mol. The van der Waals surface area contributed by atoms with Gasteiger partial charge in [-0.3, -0.25) is 4.98 Å². The Kier molecular flexibility index (Phi) is 4.58. The Bertz CT molecular complexity index is 391. The summed E-state index contributed by atoms with van der Waals surface area (Å²) >= 11 is 0. The van der Waals surface area contributed by atoms with Gasteiger partial charge in [0.1, 0.15) is 0 Å². The van der Waals surface area contributed by atoms with Crippen molar-refractivity contribution in [2.45, 2.75) is 51.7 Å². The van der Waals surface area contributed by atoms with E-state index >= 15 is 0 Å². The molecule has 3 nitrogen and oxygen atoms in total. The van der Waals surface area contributed by atoms with E-state index in [0.29, 0.717) is 0 Å². The van der Waals surface area contributed by atoms with E-state index in [9.17, 15) is 5.11 Å². The molecule has 2 atom stereocenters. The lowest BCUT2D eigenvalue weighted by atomic mass is 9.72. The average Bonchev–Trinajstić information content (AvgIpc) is 2.40. The SMILES string of the molecule is CN(CCc1ccccn1)C1CCCC(C)(C)C1O. The number of aliphatic hydroxyl groups is 1. The molecule has 1 aliphatic rings. The van der Waals surface area contributed by atoms with E-state index in [1.165, 1.54) is 6.42 Å². The molecule has 0 aromatic carbocycles. The second-order valence-corrected chi connectivity index (χ2v) is 6.44. The number of rotatable bonds is 4. The maximum Gasteiger partial charge on any atom is 0.0746 e. The summed E-state index contributed by atoms with van der Waals surface area (Å²) in [6, 6.07) is 6.32. The van der Waals surface area contributed by atoms with Crippen molar-refractivity contribution in [1.29, 1.82) is 0 Å². The molecule has 0 amide bonds. The second-order valence-electron chi connectivity index (χ2n) is 6.44. The number of aromatic nitrogens is 1. The van der Waals surface area contributed by atoms with Gasteiger partial charge in [-0.2, -0.15) is 0 Å². The van der Waals surface area contributed by atoms with Crippen LogP contribution in [0.2, 0.25) is 0 Å². The minimum absolute atomic E-state index is 0.0438. The fraction of sp³-hybridized carbons (Fsp3) is 0.688. The van der Waals surface area contributed by atoms with Gasteiger partial charge in [0.15, 0.2) is 0 Å². The molecule has 19 heavy (non-hydrogen) atoms. The largest absolute Gasteiger partial charge is 0.391 e. The number of likely N-dealkylation sites (N-methyl/N-ethyl adjacent to an activating group) is 1. The van der Waals surface area contributed by atoms with Crippen molar-refractivity contribution >= 4 is 0 Å². The van der Waals surface area contributed by atoms with Crippen LogP contribution in [0.1, 0.15) is 38.8 Å². The molecule has 0 bridgehead atoms. The van der Waals surface area contributed by atoms with Gasteiger partial charge >= 0.3 is 0 Å². The van der Waals surface area contributed by atoms with Crippen LogP contribution < -0.4 is 0 Å². The average molecular weight is 262 g/mol. The number of pyridine rings is 1. The highest BCUT2D eigenvalue weighted by Crippen LogP contribution is 2.37. The topological polar surface area (TPSA) is 36.4 Å². The van der Waals surface area contributed by atoms with E-state index in [0.717, 1.165) is 31.5 Å². The Morgan fingerprint density at radius 1 is 1.42 bits per heavy atom. The first kappa shape index (κ1) is 14.5. The Morgan fingerprint density at radius 3 is 2.89 bits per heavy atom. The molecule has 2 unspecified atom stereocenters. The summed E-state index contributed by atoms with van der Waals surface area (Å²) in [6.45, 7) is 5.31. The van der Waals surface area contributed by atoms with Crippen molar-refractivity contribution < 1.29 is 5.11 Å². The molecule has 1 aromatic rings. The lowest BCUT2D eigenvalue weighted by Crippen LogP contribution is -2.51. The van der Waals surface area contributed by atoms with Crippen LogP contribution in [0.3, 0.4) is 0 Å². The van der Waals surface area contributed by atoms with Crippen LogP contribution in [0.15, 0.2) is 24.4 Å². The van der Waals surface area contributed by atoms with Gasteiger partial charge < -0.3 is 10.0 Å². The maximum absolute atomic E-state index is 10.5. The number of aliphatic hydroxyl groups excluding tert-OH is 1. The van der Waals surface area contributed by atoms with Gasteiger partial charge in [-0.25, -0.2) is 0 Å². The van der Waals surface area contributed by atoms with Gasteiger partial charge in [0.05, 0.1) is 6.10 Å². The summed E-state index contributed by atoms with van der Waals surface area (Å²) in [5, 5.41) is 10.5. The van der Waals surface area contributed by atoms with E-state index in [4.69, 9.17) is 0 Å². The predicted molar refractivity (Wildman–Crippen MR) is 78.0 cm³/mol. The van der Waals surface area contributed by atoms with E-state index in [-0.39, 0.29) is 17.6 Å². The highest BCUT2D eigenvalue weighted by molar-refractivity contribution is 5.04. The van der Waals surface area contributed by atoms with Crippen molar-refractivity contribution in [3.05, 3.63) is 30.1 Å². The van der Waals surface area contributed by atoms with Crippen LogP contribution in [0.4, 0.5) is 0 Å². The molecule has 1 N–H and O–H groups in total. The van der Waals surface area contributed by atoms with Crippen LogP contribution >= 0.6 is 0 Å². The Balaban J connectivity index is 1.91. The third kappa shape index (κ3) is 3.54. The van der Waals surface area contributed by atoms with E-state index in [1.54, 1.807) is 0 Å². The molecule has 1 saturated carbocycles. The molecule has 106 valence electrons. The van der Waals surface area contributed by atoms with Crippen LogP contribution in [0.25, 0.3) is 0 Å². The number of hydrogen-bond donors (Lipinski definition) is 1. The zero-order valence-electron chi connectivity index (χ0n) is 12.3. The summed E-state index contributed by atoms with van der Waals surface area (Å²) < 4.78 is 0. The van der Waals surface area contributed by atoms with Gasteiger partial charge in [-0.05, 0) is 37.4 Å². The fourth-order valence-electron chi connectivity index (χ4n) is 3.06. The number of hydrogen-bond acceptors (Lipinski definition) is 3. The summed E-state index contributed by atoms with van der Waals surface area (Å²) in [6.07, 6.45) is 5.99. The molecule has 3 heteroatoms. The van der Waals surface area contributed by atoms with Gasteiger partial charge in [0.25, 0.3) is 0 Å². The molecule has 2 rings (SSSR count). The molecule has 1 heterocycles. The van der Waals surface area contributed by atoms with Crippen molar-refractivity contribution in [3.8, 4) is 0 Å². The zero-order chi connectivity index (χ0) is 13.9. The quantitative estimate of drug-likeness (QED) is 0.905. The molecule has 0 spiro atoms. The Labute approximate surface area is 116 Å². The normalized spacial score (nSPS) is 26.6. The summed E-state index contributed by atoms with van der Waals surface area (Å²) in [5.74, 6) is 0. The highest BCUT2D eigenvalue weighted by Gasteiger charge is 2.39. The van der Waals surface area contributed by atoms with Crippen LogP contribution in [-0.2, 0) is 6.42 Å². The first-order valence-electron chi connectivity index (χ1n) is 7.29. The van der Waals surface area contributed by atoms with Gasteiger partial charge in [0, 0.05) is 30.9 Å². The summed E-state index contributed by atoms with van der Waals surface area (Å²) in [4.78, 5) is 6.66. The van der Waals surface area contributed by atoms with E-state index < -0.39 is 0 Å². The first-order chi connectivity index (χ1) is 9.00.